The lowest BCUT2D eigenvalue weighted by atomic mass is 10.2. The lowest BCUT2D eigenvalue weighted by Gasteiger charge is -2.12. The summed E-state index contributed by atoms with van der Waals surface area (Å²) in [7, 11) is 0. The van der Waals surface area contributed by atoms with Gasteiger partial charge in [0.05, 0.1) is 4.47 Å². The Bertz CT molecular complexity index is 631. The fraction of sp³-hybridized carbons (Fsp3) is 0.333. The number of nitrogens with one attached hydrogen (secondary N) is 2. The number of benzene rings is 1. The van der Waals surface area contributed by atoms with E-state index in [9.17, 15) is 4.39 Å². The lowest BCUT2D eigenvalue weighted by Crippen LogP contribution is -2.07. The fourth-order valence-electron chi connectivity index (χ4n) is 1.78. The summed E-state index contributed by atoms with van der Waals surface area (Å²) < 4.78 is 13.7. The number of aromatic nitrogens is 2. The highest BCUT2D eigenvalue weighted by Crippen LogP contribution is 2.24. The first-order valence-corrected chi connectivity index (χ1v) is 7.63. The van der Waals surface area contributed by atoms with E-state index < -0.39 is 0 Å². The third kappa shape index (κ3) is 4.14. The number of halogens is 2. The van der Waals surface area contributed by atoms with Crippen LogP contribution in [0.3, 0.4) is 0 Å². The van der Waals surface area contributed by atoms with E-state index in [4.69, 9.17) is 0 Å². The molecule has 0 fully saturated rings. The molecule has 2 N–H and O–H groups in total. The molecule has 1 aromatic heterocycles. The van der Waals surface area contributed by atoms with Crippen molar-refractivity contribution in [2.45, 2.75) is 26.7 Å². The molecule has 1 aromatic carbocycles. The molecule has 0 aliphatic heterocycles. The van der Waals surface area contributed by atoms with Crippen LogP contribution in [0.4, 0.5) is 21.7 Å². The van der Waals surface area contributed by atoms with Crippen molar-refractivity contribution in [1.82, 2.24) is 9.97 Å². The van der Waals surface area contributed by atoms with E-state index in [0.29, 0.717) is 10.3 Å². The van der Waals surface area contributed by atoms with Gasteiger partial charge in [-0.3, -0.25) is 0 Å². The summed E-state index contributed by atoms with van der Waals surface area (Å²) in [6, 6.07) is 6.60. The second-order valence-electron chi connectivity index (χ2n) is 4.94. The molecule has 0 atom stereocenters. The predicted molar refractivity (Wildman–Crippen MR) is 87.7 cm³/mol. The van der Waals surface area contributed by atoms with E-state index in [0.717, 1.165) is 23.9 Å². The SMILES string of the molecule is CCNc1cc(Nc2ccc(F)c(Br)c2)nc(C(C)C)n1. The summed E-state index contributed by atoms with van der Waals surface area (Å²) in [6.07, 6.45) is 0. The Kier molecular flexibility index (Phi) is 5.12. The van der Waals surface area contributed by atoms with Gasteiger partial charge in [0.1, 0.15) is 23.3 Å². The first-order chi connectivity index (χ1) is 9.99. The summed E-state index contributed by atoms with van der Waals surface area (Å²) in [6.45, 7) is 6.89. The van der Waals surface area contributed by atoms with Crippen LogP contribution in [-0.4, -0.2) is 16.5 Å². The second kappa shape index (κ2) is 6.85. The zero-order valence-corrected chi connectivity index (χ0v) is 13.8. The first kappa shape index (κ1) is 15.7. The van der Waals surface area contributed by atoms with Gasteiger partial charge >= 0.3 is 0 Å². The van der Waals surface area contributed by atoms with E-state index >= 15 is 0 Å². The summed E-state index contributed by atoms with van der Waals surface area (Å²) in [5.41, 5.74) is 0.763. The van der Waals surface area contributed by atoms with Gasteiger partial charge < -0.3 is 10.6 Å². The minimum atomic E-state index is -0.292. The minimum Gasteiger partial charge on any atom is -0.370 e. The number of nitrogens with zero attached hydrogens (tertiary/aromatic N) is 2. The van der Waals surface area contributed by atoms with Crippen LogP contribution in [0.2, 0.25) is 0 Å². The van der Waals surface area contributed by atoms with E-state index in [1.165, 1.54) is 6.07 Å². The Balaban J connectivity index is 2.31. The van der Waals surface area contributed by atoms with Gasteiger partial charge in [0.2, 0.25) is 0 Å². The van der Waals surface area contributed by atoms with Crippen molar-refractivity contribution >= 4 is 33.3 Å². The van der Waals surface area contributed by atoms with Gasteiger partial charge in [-0.05, 0) is 41.1 Å². The van der Waals surface area contributed by atoms with Gasteiger partial charge in [-0.1, -0.05) is 13.8 Å². The third-order valence-corrected chi connectivity index (χ3v) is 3.42. The molecule has 0 radical (unpaired) electrons. The zero-order chi connectivity index (χ0) is 15.4. The third-order valence-electron chi connectivity index (χ3n) is 2.81. The summed E-state index contributed by atoms with van der Waals surface area (Å²) in [5, 5.41) is 6.37. The quantitative estimate of drug-likeness (QED) is 0.820. The van der Waals surface area contributed by atoms with E-state index in [2.05, 4.69) is 36.5 Å². The predicted octanol–water partition coefficient (Wildman–Crippen LogP) is 4.68. The molecule has 0 saturated carbocycles. The van der Waals surface area contributed by atoms with Gasteiger partial charge in [-0.25, -0.2) is 14.4 Å². The molecule has 6 heteroatoms. The Labute approximate surface area is 132 Å². The molecular weight excluding hydrogens is 335 g/mol. The van der Waals surface area contributed by atoms with Gasteiger partial charge in [0, 0.05) is 24.2 Å². The Morgan fingerprint density at radius 1 is 1.19 bits per heavy atom. The molecule has 4 nitrogen and oxygen atoms in total. The summed E-state index contributed by atoms with van der Waals surface area (Å²) >= 11 is 3.18. The van der Waals surface area contributed by atoms with Gasteiger partial charge in [0.15, 0.2) is 0 Å². The van der Waals surface area contributed by atoms with Crippen LogP contribution in [0.25, 0.3) is 0 Å². The first-order valence-electron chi connectivity index (χ1n) is 6.84. The van der Waals surface area contributed by atoms with Gasteiger partial charge in [0.25, 0.3) is 0 Å². The van der Waals surface area contributed by atoms with Gasteiger partial charge in [-0.15, -0.1) is 0 Å². The number of hydrogen-bond acceptors (Lipinski definition) is 4. The molecule has 2 aromatic rings. The fourth-order valence-corrected chi connectivity index (χ4v) is 2.16. The van der Waals surface area contributed by atoms with Crippen LogP contribution in [-0.2, 0) is 0 Å². The molecule has 0 saturated heterocycles. The highest BCUT2D eigenvalue weighted by atomic mass is 79.9. The van der Waals surface area contributed by atoms with E-state index in [1.807, 2.05) is 26.8 Å². The van der Waals surface area contributed by atoms with Crippen LogP contribution in [0.1, 0.15) is 32.5 Å². The molecule has 2 rings (SSSR count). The van der Waals surface area contributed by atoms with Crippen molar-refractivity contribution in [1.29, 1.82) is 0 Å². The standard InChI is InChI=1S/C15H18BrFN4/c1-4-18-13-8-14(21-15(20-13)9(2)3)19-10-5-6-12(17)11(16)7-10/h5-9H,4H2,1-3H3,(H2,18,19,20,21). The van der Waals surface area contributed by atoms with E-state index in [-0.39, 0.29) is 11.7 Å². The smallest absolute Gasteiger partial charge is 0.137 e. The highest BCUT2D eigenvalue weighted by molar-refractivity contribution is 9.10. The molecule has 0 aliphatic carbocycles. The number of hydrogen-bond donors (Lipinski definition) is 2. The van der Waals surface area contributed by atoms with Crippen LogP contribution >= 0.6 is 15.9 Å². The maximum Gasteiger partial charge on any atom is 0.137 e. The van der Waals surface area contributed by atoms with Crippen LogP contribution in [0, 0.1) is 5.82 Å². The van der Waals surface area contributed by atoms with Crippen LogP contribution in [0.5, 0.6) is 0 Å². The molecule has 1 heterocycles. The molecule has 0 aliphatic rings. The number of rotatable bonds is 5. The molecule has 21 heavy (non-hydrogen) atoms. The van der Waals surface area contributed by atoms with Crippen molar-refractivity contribution < 1.29 is 4.39 Å². The van der Waals surface area contributed by atoms with E-state index in [1.54, 1.807) is 12.1 Å². The zero-order valence-electron chi connectivity index (χ0n) is 12.2. The largest absolute Gasteiger partial charge is 0.370 e. The Hall–Kier alpha value is -1.69. The lowest BCUT2D eigenvalue weighted by molar-refractivity contribution is 0.621. The Morgan fingerprint density at radius 3 is 2.52 bits per heavy atom. The maximum atomic E-state index is 13.3. The van der Waals surface area contributed by atoms with Gasteiger partial charge in [-0.2, -0.15) is 0 Å². The van der Waals surface area contributed by atoms with Crippen molar-refractivity contribution in [3.63, 3.8) is 0 Å². The highest BCUT2D eigenvalue weighted by Gasteiger charge is 2.09. The summed E-state index contributed by atoms with van der Waals surface area (Å²) in [5.74, 6) is 2.16. The monoisotopic (exact) mass is 352 g/mol. The normalized spacial score (nSPS) is 10.8. The molecule has 0 spiro atoms. The molecule has 0 unspecified atom stereocenters. The van der Waals surface area contributed by atoms with Crippen molar-refractivity contribution in [2.75, 3.05) is 17.2 Å². The minimum absolute atomic E-state index is 0.226. The van der Waals surface area contributed by atoms with Crippen LogP contribution in [0.15, 0.2) is 28.7 Å². The van der Waals surface area contributed by atoms with Crippen molar-refractivity contribution in [2.24, 2.45) is 0 Å². The van der Waals surface area contributed by atoms with Crippen molar-refractivity contribution in [3.05, 3.63) is 40.4 Å². The molecule has 112 valence electrons. The summed E-state index contributed by atoms with van der Waals surface area (Å²) in [4.78, 5) is 8.96. The maximum absolute atomic E-state index is 13.3. The molecule has 0 amide bonds. The van der Waals surface area contributed by atoms with Crippen molar-refractivity contribution in [3.8, 4) is 0 Å². The Morgan fingerprint density at radius 2 is 1.90 bits per heavy atom. The molecule has 0 bridgehead atoms. The van der Waals surface area contributed by atoms with Crippen LogP contribution < -0.4 is 10.6 Å². The molecular formula is C15H18BrFN4. The second-order valence-corrected chi connectivity index (χ2v) is 5.79. The average molecular weight is 353 g/mol. The number of anilines is 3. The topological polar surface area (TPSA) is 49.8 Å². The average Bonchev–Trinajstić information content (AvgIpc) is 2.43.